The van der Waals surface area contributed by atoms with E-state index in [2.05, 4.69) is 50.2 Å². The van der Waals surface area contributed by atoms with E-state index in [4.69, 9.17) is 0 Å². The topological polar surface area (TPSA) is 23.5 Å². The van der Waals surface area contributed by atoms with Gasteiger partial charge in [0.05, 0.1) is 6.61 Å². The van der Waals surface area contributed by atoms with Crippen LogP contribution in [0.15, 0.2) is 24.3 Å². The van der Waals surface area contributed by atoms with Crippen LogP contribution in [0.5, 0.6) is 0 Å². The fourth-order valence-electron chi connectivity index (χ4n) is 3.19. The van der Waals surface area contributed by atoms with Gasteiger partial charge >= 0.3 is 0 Å². The summed E-state index contributed by atoms with van der Waals surface area (Å²) in [7, 11) is 4.23. The normalized spacial score (nSPS) is 20.1. The second-order valence-corrected chi connectivity index (χ2v) is 5.65. The van der Waals surface area contributed by atoms with E-state index >= 15 is 0 Å². The maximum atomic E-state index is 9.76. The third-order valence-corrected chi connectivity index (χ3v) is 4.12. The van der Waals surface area contributed by atoms with Gasteiger partial charge in [-0.3, -0.25) is 0 Å². The number of aliphatic hydroxyl groups is 1. The van der Waals surface area contributed by atoms with E-state index in [1.807, 2.05) is 0 Å². The van der Waals surface area contributed by atoms with Crippen molar-refractivity contribution in [1.82, 2.24) is 4.90 Å². The summed E-state index contributed by atoms with van der Waals surface area (Å²) >= 11 is 0. The zero-order chi connectivity index (χ0) is 12.5. The fourth-order valence-corrected chi connectivity index (χ4v) is 3.19. The first-order valence-corrected chi connectivity index (χ1v) is 6.43. The Hall–Kier alpha value is -0.860. The number of aryl methyl sites for hydroxylation is 1. The first-order valence-electron chi connectivity index (χ1n) is 6.43. The van der Waals surface area contributed by atoms with Crippen LogP contribution in [0.3, 0.4) is 0 Å². The Bertz CT molecular complexity index is 377. The summed E-state index contributed by atoms with van der Waals surface area (Å²) in [5.41, 5.74) is 2.71. The standard InChI is InChI=1S/C15H23NO/c1-12-6-4-7-13(10-12)14(16(2)3)15(11-17)8-5-9-15/h4,6-7,10,14,17H,5,8-9,11H2,1-3H3. The minimum Gasteiger partial charge on any atom is -0.396 e. The molecule has 1 aliphatic carbocycles. The van der Waals surface area contributed by atoms with E-state index in [9.17, 15) is 5.11 Å². The van der Waals surface area contributed by atoms with Crippen LogP contribution in [0.2, 0.25) is 0 Å². The lowest BCUT2D eigenvalue weighted by Gasteiger charge is -2.49. The van der Waals surface area contributed by atoms with Crippen molar-refractivity contribution in [2.45, 2.75) is 32.2 Å². The van der Waals surface area contributed by atoms with Crippen molar-refractivity contribution in [3.63, 3.8) is 0 Å². The van der Waals surface area contributed by atoms with Gasteiger partial charge in [0.1, 0.15) is 0 Å². The summed E-state index contributed by atoms with van der Waals surface area (Å²) in [6, 6.07) is 9.02. The summed E-state index contributed by atoms with van der Waals surface area (Å²) in [4.78, 5) is 2.25. The molecule has 94 valence electrons. The number of hydrogen-bond donors (Lipinski definition) is 1. The average Bonchev–Trinajstić information content (AvgIpc) is 2.22. The van der Waals surface area contributed by atoms with Crippen LogP contribution < -0.4 is 0 Å². The maximum absolute atomic E-state index is 9.76. The molecule has 0 heterocycles. The van der Waals surface area contributed by atoms with Gasteiger partial charge in [0.15, 0.2) is 0 Å². The third-order valence-electron chi connectivity index (χ3n) is 4.12. The SMILES string of the molecule is Cc1cccc(C(N(C)C)C2(CO)CCC2)c1. The molecule has 0 aromatic heterocycles. The minimum atomic E-state index is 0.0806. The zero-order valence-corrected chi connectivity index (χ0v) is 11.1. The summed E-state index contributed by atoms with van der Waals surface area (Å²) in [6.45, 7) is 2.42. The van der Waals surface area contributed by atoms with E-state index < -0.39 is 0 Å². The van der Waals surface area contributed by atoms with Crippen LogP contribution in [-0.4, -0.2) is 30.7 Å². The summed E-state index contributed by atoms with van der Waals surface area (Å²) < 4.78 is 0. The van der Waals surface area contributed by atoms with Gasteiger partial charge in [-0.25, -0.2) is 0 Å². The highest BCUT2D eigenvalue weighted by Gasteiger charge is 2.45. The molecule has 0 spiro atoms. The molecule has 1 aromatic rings. The van der Waals surface area contributed by atoms with Crippen molar-refractivity contribution in [3.05, 3.63) is 35.4 Å². The third kappa shape index (κ3) is 2.24. The molecule has 0 saturated heterocycles. The van der Waals surface area contributed by atoms with Gasteiger partial charge in [-0.15, -0.1) is 0 Å². The van der Waals surface area contributed by atoms with Gasteiger partial charge in [0.25, 0.3) is 0 Å². The molecule has 1 aliphatic rings. The monoisotopic (exact) mass is 233 g/mol. The lowest BCUT2D eigenvalue weighted by atomic mass is 9.62. The predicted octanol–water partition coefficient (Wildman–Crippen LogP) is 2.76. The van der Waals surface area contributed by atoms with Gasteiger partial charge in [-0.2, -0.15) is 0 Å². The molecule has 1 saturated carbocycles. The van der Waals surface area contributed by atoms with Crippen molar-refractivity contribution in [2.24, 2.45) is 5.41 Å². The summed E-state index contributed by atoms with van der Waals surface area (Å²) in [5.74, 6) is 0. The lowest BCUT2D eigenvalue weighted by Crippen LogP contribution is -2.45. The van der Waals surface area contributed by atoms with Gasteiger partial charge in [-0.1, -0.05) is 36.2 Å². The Morgan fingerprint density at radius 3 is 2.47 bits per heavy atom. The molecule has 0 bridgehead atoms. The van der Waals surface area contributed by atoms with Crippen LogP contribution in [0, 0.1) is 12.3 Å². The molecule has 0 amide bonds. The molecular weight excluding hydrogens is 210 g/mol. The van der Waals surface area contributed by atoms with Gasteiger partial charge in [0, 0.05) is 11.5 Å². The van der Waals surface area contributed by atoms with E-state index in [0.29, 0.717) is 12.6 Å². The van der Waals surface area contributed by atoms with E-state index in [0.717, 1.165) is 12.8 Å². The highest BCUT2D eigenvalue weighted by Crippen LogP contribution is 2.51. The molecule has 2 rings (SSSR count). The van der Waals surface area contributed by atoms with Crippen molar-refractivity contribution in [3.8, 4) is 0 Å². The lowest BCUT2D eigenvalue weighted by molar-refractivity contribution is -0.0308. The van der Waals surface area contributed by atoms with Crippen molar-refractivity contribution in [1.29, 1.82) is 0 Å². The van der Waals surface area contributed by atoms with Gasteiger partial charge in [-0.05, 0) is 39.4 Å². The molecule has 1 atom stereocenters. The van der Waals surface area contributed by atoms with Gasteiger partial charge < -0.3 is 10.0 Å². The Morgan fingerprint density at radius 1 is 1.35 bits per heavy atom. The molecule has 17 heavy (non-hydrogen) atoms. The number of aliphatic hydroxyl groups excluding tert-OH is 1. The second-order valence-electron chi connectivity index (χ2n) is 5.65. The molecular formula is C15H23NO. The number of nitrogens with zero attached hydrogens (tertiary/aromatic N) is 1. The van der Waals surface area contributed by atoms with Crippen LogP contribution in [0.4, 0.5) is 0 Å². The van der Waals surface area contributed by atoms with Crippen molar-refractivity contribution >= 4 is 0 Å². The Balaban J connectivity index is 2.35. The van der Waals surface area contributed by atoms with E-state index in [1.165, 1.54) is 17.5 Å². The Kier molecular flexibility index (Phi) is 3.55. The molecule has 2 heteroatoms. The highest BCUT2D eigenvalue weighted by molar-refractivity contribution is 5.27. The molecule has 2 nitrogen and oxygen atoms in total. The smallest absolute Gasteiger partial charge is 0.0505 e. The number of hydrogen-bond acceptors (Lipinski definition) is 2. The quantitative estimate of drug-likeness (QED) is 0.864. The largest absolute Gasteiger partial charge is 0.396 e. The molecule has 1 fully saturated rings. The number of rotatable bonds is 4. The first kappa shape index (κ1) is 12.6. The molecule has 0 aliphatic heterocycles. The Labute approximate surface area is 104 Å². The van der Waals surface area contributed by atoms with Crippen LogP contribution in [0.25, 0.3) is 0 Å². The number of benzene rings is 1. The fraction of sp³-hybridized carbons (Fsp3) is 0.600. The van der Waals surface area contributed by atoms with E-state index in [1.54, 1.807) is 0 Å². The van der Waals surface area contributed by atoms with Crippen LogP contribution in [0.1, 0.15) is 36.4 Å². The molecule has 1 N–H and O–H groups in total. The zero-order valence-electron chi connectivity index (χ0n) is 11.1. The van der Waals surface area contributed by atoms with Gasteiger partial charge in [0.2, 0.25) is 0 Å². The maximum Gasteiger partial charge on any atom is 0.0505 e. The molecule has 1 aromatic carbocycles. The highest BCUT2D eigenvalue weighted by atomic mass is 16.3. The van der Waals surface area contributed by atoms with Crippen LogP contribution in [-0.2, 0) is 0 Å². The van der Waals surface area contributed by atoms with Crippen LogP contribution >= 0.6 is 0 Å². The average molecular weight is 233 g/mol. The van der Waals surface area contributed by atoms with Crippen molar-refractivity contribution in [2.75, 3.05) is 20.7 Å². The molecule has 0 radical (unpaired) electrons. The minimum absolute atomic E-state index is 0.0806. The predicted molar refractivity (Wildman–Crippen MR) is 71.0 cm³/mol. The summed E-state index contributed by atoms with van der Waals surface area (Å²) in [5, 5.41) is 9.76. The molecule has 1 unspecified atom stereocenters. The Morgan fingerprint density at radius 2 is 2.06 bits per heavy atom. The second kappa shape index (κ2) is 4.79. The summed E-state index contributed by atoms with van der Waals surface area (Å²) in [6.07, 6.45) is 3.53. The first-order chi connectivity index (χ1) is 8.09. The van der Waals surface area contributed by atoms with Crippen molar-refractivity contribution < 1.29 is 5.11 Å². The van der Waals surface area contributed by atoms with E-state index in [-0.39, 0.29) is 5.41 Å².